The fourth-order valence-corrected chi connectivity index (χ4v) is 2.39. The average molecular weight is 306 g/mol. The van der Waals surface area contributed by atoms with E-state index in [2.05, 4.69) is 5.32 Å². The topological polar surface area (TPSA) is 89.3 Å². The van der Waals surface area contributed by atoms with Crippen LogP contribution < -0.4 is 5.32 Å². The monoisotopic (exact) mass is 306 g/mol. The summed E-state index contributed by atoms with van der Waals surface area (Å²) in [7, 11) is -3.19. The minimum absolute atomic E-state index is 0.0521. The van der Waals surface area contributed by atoms with Crippen LogP contribution in [0.15, 0.2) is 53.4 Å². The average Bonchev–Trinajstić information content (AvgIpc) is 2.45. The van der Waals surface area contributed by atoms with E-state index in [4.69, 9.17) is 0 Å². The molecule has 0 saturated carbocycles. The van der Waals surface area contributed by atoms with Crippen LogP contribution in [0.4, 0.5) is 11.4 Å². The molecule has 0 aliphatic carbocycles. The first-order valence-electron chi connectivity index (χ1n) is 6.13. The summed E-state index contributed by atoms with van der Waals surface area (Å²) in [6.45, 7) is 0.496. The largest absolute Gasteiger partial charge is 0.381 e. The van der Waals surface area contributed by atoms with E-state index in [1.807, 2.05) is 0 Å². The van der Waals surface area contributed by atoms with Gasteiger partial charge in [0, 0.05) is 30.6 Å². The number of benzene rings is 2. The van der Waals surface area contributed by atoms with Gasteiger partial charge in [0.25, 0.3) is 5.69 Å². The van der Waals surface area contributed by atoms with Crippen LogP contribution in [0.3, 0.4) is 0 Å². The van der Waals surface area contributed by atoms with Crippen molar-refractivity contribution >= 4 is 21.2 Å². The zero-order chi connectivity index (χ0) is 15.5. The lowest BCUT2D eigenvalue weighted by Gasteiger charge is -2.07. The van der Waals surface area contributed by atoms with Crippen molar-refractivity contribution < 1.29 is 13.3 Å². The van der Waals surface area contributed by atoms with E-state index in [0.717, 1.165) is 17.5 Å². The molecule has 0 atom stereocenters. The number of nitro groups is 1. The second-order valence-corrected chi connectivity index (χ2v) is 6.59. The quantitative estimate of drug-likeness (QED) is 0.677. The lowest BCUT2D eigenvalue weighted by molar-refractivity contribution is -0.384. The fraction of sp³-hybridized carbons (Fsp3) is 0.143. The molecule has 0 spiro atoms. The lowest BCUT2D eigenvalue weighted by Crippen LogP contribution is -2.01. The summed E-state index contributed by atoms with van der Waals surface area (Å²) >= 11 is 0. The van der Waals surface area contributed by atoms with E-state index in [1.165, 1.54) is 24.3 Å². The van der Waals surface area contributed by atoms with Crippen molar-refractivity contribution in [2.24, 2.45) is 0 Å². The molecule has 0 heterocycles. The highest BCUT2D eigenvalue weighted by molar-refractivity contribution is 7.90. The maximum Gasteiger partial charge on any atom is 0.269 e. The predicted octanol–water partition coefficient (Wildman–Crippen LogP) is 2.61. The third-order valence-electron chi connectivity index (χ3n) is 2.93. The number of anilines is 1. The summed E-state index contributed by atoms with van der Waals surface area (Å²) in [5.41, 5.74) is 1.73. The van der Waals surface area contributed by atoms with Crippen LogP contribution in [0.2, 0.25) is 0 Å². The summed E-state index contributed by atoms with van der Waals surface area (Å²) < 4.78 is 22.7. The molecule has 7 heteroatoms. The molecule has 21 heavy (non-hydrogen) atoms. The first-order valence-corrected chi connectivity index (χ1v) is 8.03. The van der Waals surface area contributed by atoms with Gasteiger partial charge in [-0.3, -0.25) is 10.1 Å². The van der Waals surface area contributed by atoms with Crippen molar-refractivity contribution in [3.05, 3.63) is 64.2 Å². The number of non-ortho nitro benzene ring substituents is 1. The summed E-state index contributed by atoms with van der Waals surface area (Å²) in [4.78, 5) is 10.4. The van der Waals surface area contributed by atoms with Gasteiger partial charge in [-0.15, -0.1) is 0 Å². The second-order valence-electron chi connectivity index (χ2n) is 4.57. The third-order valence-corrected chi connectivity index (χ3v) is 4.05. The summed E-state index contributed by atoms with van der Waals surface area (Å²) in [5.74, 6) is 0. The molecule has 0 saturated heterocycles. The zero-order valence-corrected chi connectivity index (χ0v) is 12.1. The predicted molar refractivity (Wildman–Crippen MR) is 80.0 cm³/mol. The maximum atomic E-state index is 11.3. The Hall–Kier alpha value is -2.41. The molecule has 6 nitrogen and oxygen atoms in total. The van der Waals surface area contributed by atoms with Crippen molar-refractivity contribution in [1.82, 2.24) is 0 Å². The first kappa shape index (κ1) is 15.0. The van der Waals surface area contributed by atoms with Crippen molar-refractivity contribution in [3.8, 4) is 0 Å². The number of rotatable bonds is 5. The SMILES string of the molecule is CS(=O)(=O)c1ccc(NCc2ccc([N+](=O)[O-])cc2)cc1. The van der Waals surface area contributed by atoms with E-state index in [9.17, 15) is 18.5 Å². The summed E-state index contributed by atoms with van der Waals surface area (Å²) in [6.07, 6.45) is 1.16. The molecule has 0 radical (unpaired) electrons. The van der Waals surface area contributed by atoms with Crippen LogP contribution in [-0.4, -0.2) is 19.6 Å². The molecule has 0 bridgehead atoms. The lowest BCUT2D eigenvalue weighted by atomic mass is 10.2. The van der Waals surface area contributed by atoms with Crippen LogP contribution in [0.5, 0.6) is 0 Å². The molecule has 0 amide bonds. The van der Waals surface area contributed by atoms with E-state index < -0.39 is 14.8 Å². The van der Waals surface area contributed by atoms with Crippen LogP contribution in [-0.2, 0) is 16.4 Å². The molecular weight excluding hydrogens is 292 g/mol. The number of sulfone groups is 1. The Labute approximate surface area is 122 Å². The van der Waals surface area contributed by atoms with Gasteiger partial charge >= 0.3 is 0 Å². The highest BCUT2D eigenvalue weighted by Gasteiger charge is 2.06. The molecule has 2 aromatic carbocycles. The normalized spacial score (nSPS) is 11.1. The van der Waals surface area contributed by atoms with Crippen LogP contribution in [0.25, 0.3) is 0 Å². The Morgan fingerprint density at radius 2 is 1.62 bits per heavy atom. The molecule has 2 rings (SSSR count). The number of nitrogens with zero attached hydrogens (tertiary/aromatic N) is 1. The Bertz CT molecular complexity index is 738. The Balaban J connectivity index is 2.01. The zero-order valence-electron chi connectivity index (χ0n) is 11.3. The molecular formula is C14H14N2O4S. The van der Waals surface area contributed by atoms with Gasteiger partial charge in [0.2, 0.25) is 0 Å². The number of nitro benzene ring substituents is 1. The van der Waals surface area contributed by atoms with Gasteiger partial charge in [-0.2, -0.15) is 0 Å². The molecule has 1 N–H and O–H groups in total. The first-order chi connectivity index (χ1) is 9.86. The van der Waals surface area contributed by atoms with E-state index in [1.54, 1.807) is 24.3 Å². The van der Waals surface area contributed by atoms with Gasteiger partial charge in [-0.05, 0) is 29.8 Å². The Morgan fingerprint density at radius 1 is 1.05 bits per heavy atom. The van der Waals surface area contributed by atoms with E-state index in [0.29, 0.717) is 6.54 Å². The smallest absolute Gasteiger partial charge is 0.269 e. The van der Waals surface area contributed by atoms with Crippen molar-refractivity contribution in [1.29, 1.82) is 0 Å². The molecule has 0 aromatic heterocycles. The number of hydrogen-bond donors (Lipinski definition) is 1. The third kappa shape index (κ3) is 4.03. The minimum Gasteiger partial charge on any atom is -0.381 e. The highest BCUT2D eigenvalue weighted by atomic mass is 32.2. The Morgan fingerprint density at radius 3 is 2.10 bits per heavy atom. The van der Waals surface area contributed by atoms with Gasteiger partial charge in [-0.1, -0.05) is 12.1 Å². The minimum atomic E-state index is -3.19. The molecule has 0 aliphatic heterocycles. The fourth-order valence-electron chi connectivity index (χ4n) is 1.76. The van der Waals surface area contributed by atoms with Crippen LogP contribution in [0, 0.1) is 10.1 Å². The number of nitrogens with one attached hydrogen (secondary N) is 1. The molecule has 110 valence electrons. The van der Waals surface area contributed by atoms with Gasteiger partial charge in [0.15, 0.2) is 9.84 Å². The molecule has 2 aromatic rings. The van der Waals surface area contributed by atoms with Gasteiger partial charge in [0.1, 0.15) is 0 Å². The number of hydrogen-bond acceptors (Lipinski definition) is 5. The van der Waals surface area contributed by atoms with Crippen molar-refractivity contribution in [2.75, 3.05) is 11.6 Å². The Kier molecular flexibility index (Phi) is 4.23. The van der Waals surface area contributed by atoms with E-state index in [-0.39, 0.29) is 10.6 Å². The van der Waals surface area contributed by atoms with Gasteiger partial charge in [0.05, 0.1) is 9.82 Å². The van der Waals surface area contributed by atoms with Crippen LogP contribution in [0.1, 0.15) is 5.56 Å². The summed E-state index contributed by atoms with van der Waals surface area (Å²) in [5, 5.41) is 13.7. The van der Waals surface area contributed by atoms with Crippen molar-refractivity contribution in [3.63, 3.8) is 0 Å². The van der Waals surface area contributed by atoms with Crippen LogP contribution >= 0.6 is 0 Å². The maximum absolute atomic E-state index is 11.3. The highest BCUT2D eigenvalue weighted by Crippen LogP contribution is 2.16. The van der Waals surface area contributed by atoms with E-state index >= 15 is 0 Å². The molecule has 0 aliphatic rings. The van der Waals surface area contributed by atoms with Crippen molar-refractivity contribution in [2.45, 2.75) is 11.4 Å². The van der Waals surface area contributed by atoms with Gasteiger partial charge < -0.3 is 5.32 Å². The molecule has 0 unspecified atom stereocenters. The standard InChI is InChI=1S/C14H14N2O4S/c1-21(19,20)14-8-4-12(5-9-14)15-10-11-2-6-13(7-3-11)16(17)18/h2-9,15H,10H2,1H3. The molecule has 0 fully saturated rings. The second kappa shape index (κ2) is 5.92. The van der Waals surface area contributed by atoms with Gasteiger partial charge in [-0.25, -0.2) is 8.42 Å². The summed E-state index contributed by atoms with van der Waals surface area (Å²) in [6, 6.07) is 12.7.